The lowest BCUT2D eigenvalue weighted by molar-refractivity contribution is 0.764. The zero-order chi connectivity index (χ0) is 8.55. The van der Waals surface area contributed by atoms with Crippen LogP contribution in [0.3, 0.4) is 0 Å². The Balaban J connectivity index is 2.58. The van der Waals surface area contributed by atoms with Crippen LogP contribution in [0.1, 0.15) is 24.0 Å². The van der Waals surface area contributed by atoms with Gasteiger partial charge in [-0.3, -0.25) is 4.99 Å². The van der Waals surface area contributed by atoms with Crippen LogP contribution in [-0.4, -0.2) is 11.2 Å². The summed E-state index contributed by atoms with van der Waals surface area (Å²) in [6, 6.07) is 8.42. The van der Waals surface area contributed by atoms with Crippen LogP contribution in [0.5, 0.6) is 0 Å². The monoisotopic (exact) mass is 223 g/mol. The molecule has 1 aliphatic heterocycles. The van der Waals surface area contributed by atoms with Crippen molar-refractivity contribution in [1.29, 1.82) is 0 Å². The van der Waals surface area contributed by atoms with Crippen LogP contribution in [0.2, 0.25) is 0 Å². The number of benzene rings is 1. The molecule has 0 amide bonds. The van der Waals surface area contributed by atoms with E-state index in [1.54, 1.807) is 0 Å². The van der Waals surface area contributed by atoms with Gasteiger partial charge < -0.3 is 0 Å². The smallest absolute Gasteiger partial charge is 0.108 e. The lowest BCUT2D eigenvalue weighted by Crippen LogP contribution is -2.11. The van der Waals surface area contributed by atoms with Gasteiger partial charge in [0.05, 0.1) is 0 Å². The molecule has 1 aliphatic rings. The number of aliphatic imine (C=N–C) groups is 1. The first-order valence-corrected chi connectivity index (χ1v) is 4.87. The van der Waals surface area contributed by atoms with Crippen molar-refractivity contribution in [2.24, 2.45) is 4.99 Å². The molecule has 1 unspecified atom stereocenters. The first kappa shape index (κ1) is 7.99. The molecule has 0 saturated heterocycles. The van der Waals surface area contributed by atoms with Crippen LogP contribution in [0.15, 0.2) is 29.3 Å². The lowest BCUT2D eigenvalue weighted by Gasteiger charge is -2.18. The van der Waals surface area contributed by atoms with Crippen molar-refractivity contribution < 1.29 is 0 Å². The molecule has 0 spiro atoms. The summed E-state index contributed by atoms with van der Waals surface area (Å²) in [5.41, 5.74) is 2.65. The van der Waals surface area contributed by atoms with Gasteiger partial charge >= 0.3 is 0 Å². The summed E-state index contributed by atoms with van der Waals surface area (Å²) < 4.78 is 0.996. The molecule has 12 heavy (non-hydrogen) atoms. The van der Waals surface area contributed by atoms with Crippen LogP contribution in [0.25, 0.3) is 0 Å². The molecule has 0 bridgehead atoms. The van der Waals surface area contributed by atoms with Crippen molar-refractivity contribution in [3.8, 4) is 0 Å². The fourth-order valence-corrected chi connectivity index (χ4v) is 2.02. The Kier molecular flexibility index (Phi) is 2.01. The van der Waals surface area contributed by atoms with Gasteiger partial charge in [0, 0.05) is 18.0 Å². The van der Waals surface area contributed by atoms with E-state index in [9.17, 15) is 0 Å². The first-order chi connectivity index (χ1) is 5.79. The van der Waals surface area contributed by atoms with Gasteiger partial charge in [0.1, 0.15) is 4.62 Å². The second-order valence-electron chi connectivity index (χ2n) is 3.12. The lowest BCUT2D eigenvalue weighted by atomic mass is 9.94. The minimum atomic E-state index is 0.558. The predicted octanol–water partition coefficient (Wildman–Crippen LogP) is 2.95. The van der Waals surface area contributed by atoms with Crippen LogP contribution in [-0.2, 0) is 0 Å². The highest BCUT2D eigenvalue weighted by Crippen LogP contribution is 2.26. The second kappa shape index (κ2) is 3.02. The normalized spacial score (nSPS) is 21.5. The Morgan fingerprint density at radius 2 is 2.17 bits per heavy atom. The molecular formula is C10H10BrN. The molecule has 0 saturated carbocycles. The number of rotatable bonds is 0. The van der Waals surface area contributed by atoms with E-state index in [0.717, 1.165) is 11.2 Å². The van der Waals surface area contributed by atoms with Crippen molar-refractivity contribution in [2.45, 2.75) is 12.8 Å². The van der Waals surface area contributed by atoms with Gasteiger partial charge in [-0.15, -0.1) is 0 Å². The molecule has 2 rings (SSSR count). The highest BCUT2D eigenvalue weighted by atomic mass is 79.9. The molecule has 2 heteroatoms. The Bertz CT molecular complexity index is 330. The first-order valence-electron chi connectivity index (χ1n) is 4.08. The van der Waals surface area contributed by atoms with E-state index in [2.05, 4.69) is 46.0 Å². The van der Waals surface area contributed by atoms with Crippen molar-refractivity contribution >= 4 is 20.6 Å². The third-order valence-corrected chi connectivity index (χ3v) is 2.90. The molecule has 1 aromatic rings. The molecule has 1 nitrogen and oxygen atoms in total. The second-order valence-corrected chi connectivity index (χ2v) is 3.87. The van der Waals surface area contributed by atoms with Gasteiger partial charge in [-0.1, -0.05) is 31.2 Å². The summed E-state index contributed by atoms with van der Waals surface area (Å²) in [5, 5.41) is 0. The Morgan fingerprint density at radius 3 is 2.92 bits per heavy atom. The van der Waals surface area contributed by atoms with Gasteiger partial charge in [0.2, 0.25) is 0 Å². The van der Waals surface area contributed by atoms with E-state index >= 15 is 0 Å². The third kappa shape index (κ3) is 1.20. The zero-order valence-corrected chi connectivity index (χ0v) is 8.51. The Morgan fingerprint density at radius 1 is 1.42 bits per heavy atom. The maximum Gasteiger partial charge on any atom is 0.108 e. The van der Waals surface area contributed by atoms with Crippen LogP contribution in [0, 0.1) is 0 Å². The number of fused-ring (bicyclic) bond motifs is 1. The molecule has 1 heterocycles. The molecule has 0 aromatic heterocycles. The Labute approximate surface area is 80.6 Å². The molecule has 62 valence electrons. The number of nitrogens with zero attached hydrogens (tertiary/aromatic N) is 1. The molecule has 0 fully saturated rings. The van der Waals surface area contributed by atoms with E-state index < -0.39 is 0 Å². The SMILES string of the molecule is CC1CN=C(Br)c2ccccc21. The molecule has 0 radical (unpaired) electrons. The predicted molar refractivity (Wildman–Crippen MR) is 55.2 cm³/mol. The quantitative estimate of drug-likeness (QED) is 0.642. The summed E-state index contributed by atoms with van der Waals surface area (Å²) in [5.74, 6) is 0.558. The third-order valence-electron chi connectivity index (χ3n) is 2.22. The maximum atomic E-state index is 4.39. The summed E-state index contributed by atoms with van der Waals surface area (Å²) in [6.45, 7) is 3.11. The number of hydrogen-bond acceptors (Lipinski definition) is 1. The molecule has 1 aromatic carbocycles. The molecule has 0 N–H and O–H groups in total. The topological polar surface area (TPSA) is 12.4 Å². The summed E-state index contributed by atoms with van der Waals surface area (Å²) in [6.07, 6.45) is 0. The van der Waals surface area contributed by atoms with Crippen molar-refractivity contribution in [3.63, 3.8) is 0 Å². The van der Waals surface area contributed by atoms with Gasteiger partial charge in [-0.05, 0) is 21.5 Å². The van der Waals surface area contributed by atoms with E-state index in [-0.39, 0.29) is 0 Å². The van der Waals surface area contributed by atoms with E-state index in [1.807, 2.05) is 6.07 Å². The fraction of sp³-hybridized carbons (Fsp3) is 0.300. The van der Waals surface area contributed by atoms with Gasteiger partial charge in [-0.2, -0.15) is 0 Å². The van der Waals surface area contributed by atoms with Crippen LogP contribution in [0.4, 0.5) is 0 Å². The van der Waals surface area contributed by atoms with E-state index in [1.165, 1.54) is 11.1 Å². The van der Waals surface area contributed by atoms with Crippen LogP contribution < -0.4 is 0 Å². The standard InChI is InChI=1S/C10H10BrN/c1-7-6-12-10(11)9-5-3-2-4-8(7)9/h2-5,7H,6H2,1H3. The van der Waals surface area contributed by atoms with Crippen molar-refractivity contribution in [1.82, 2.24) is 0 Å². The largest absolute Gasteiger partial charge is 0.277 e. The molecular weight excluding hydrogens is 214 g/mol. The number of halogens is 1. The molecule has 0 aliphatic carbocycles. The van der Waals surface area contributed by atoms with Gasteiger partial charge in [0.15, 0.2) is 0 Å². The zero-order valence-electron chi connectivity index (χ0n) is 6.92. The van der Waals surface area contributed by atoms with Crippen LogP contribution >= 0.6 is 15.9 Å². The maximum absolute atomic E-state index is 4.39. The minimum Gasteiger partial charge on any atom is -0.277 e. The molecule has 1 atom stereocenters. The summed E-state index contributed by atoms with van der Waals surface area (Å²) >= 11 is 3.46. The average Bonchev–Trinajstić information content (AvgIpc) is 2.12. The van der Waals surface area contributed by atoms with E-state index in [4.69, 9.17) is 0 Å². The van der Waals surface area contributed by atoms with E-state index in [0.29, 0.717) is 5.92 Å². The minimum absolute atomic E-state index is 0.558. The van der Waals surface area contributed by atoms with Crippen molar-refractivity contribution in [3.05, 3.63) is 35.4 Å². The average molecular weight is 224 g/mol. The highest BCUT2D eigenvalue weighted by Gasteiger charge is 2.16. The highest BCUT2D eigenvalue weighted by molar-refractivity contribution is 9.18. The van der Waals surface area contributed by atoms with Gasteiger partial charge in [-0.25, -0.2) is 0 Å². The number of hydrogen-bond donors (Lipinski definition) is 0. The van der Waals surface area contributed by atoms with Crippen molar-refractivity contribution in [2.75, 3.05) is 6.54 Å². The summed E-state index contributed by atoms with van der Waals surface area (Å²) in [7, 11) is 0. The summed E-state index contributed by atoms with van der Waals surface area (Å²) in [4.78, 5) is 4.39. The fourth-order valence-electron chi connectivity index (χ4n) is 1.52. The Hall–Kier alpha value is -0.630. The van der Waals surface area contributed by atoms with Gasteiger partial charge in [0.25, 0.3) is 0 Å².